The Morgan fingerprint density at radius 3 is 2.37 bits per heavy atom. The lowest BCUT2D eigenvalue weighted by Crippen LogP contribution is -2.54. The zero-order valence-electron chi connectivity index (χ0n) is 17.6. The summed E-state index contributed by atoms with van der Waals surface area (Å²) in [5.41, 5.74) is 0. The maximum Gasteiger partial charge on any atom is 0.475 e. The summed E-state index contributed by atoms with van der Waals surface area (Å²) in [6.07, 6.45) is 0.871. The number of sulfonamides is 1. The molecule has 10 nitrogen and oxygen atoms in total. The van der Waals surface area contributed by atoms with E-state index in [0.717, 1.165) is 0 Å². The zero-order chi connectivity index (χ0) is 22.7. The van der Waals surface area contributed by atoms with Crippen LogP contribution in [0.1, 0.15) is 33.1 Å². The third-order valence-corrected chi connectivity index (χ3v) is 5.79. The van der Waals surface area contributed by atoms with Gasteiger partial charge in [0, 0.05) is 13.6 Å². The van der Waals surface area contributed by atoms with Crippen LogP contribution in [0.2, 0.25) is 0 Å². The number of hydrogen-bond acceptors (Lipinski definition) is 6. The highest BCUT2D eigenvalue weighted by Gasteiger charge is 2.31. The van der Waals surface area contributed by atoms with Gasteiger partial charge in [0.15, 0.2) is 5.96 Å². The van der Waals surface area contributed by atoms with Crippen LogP contribution in [0.3, 0.4) is 0 Å². The summed E-state index contributed by atoms with van der Waals surface area (Å²) in [6, 6.07) is 6.58. The average Bonchev–Trinajstić information content (AvgIpc) is 2.69. The first-order valence-corrected chi connectivity index (χ1v) is 11.3. The van der Waals surface area contributed by atoms with Gasteiger partial charge in [0.25, 0.3) is 0 Å². The van der Waals surface area contributed by atoms with Crippen molar-refractivity contribution in [2.45, 2.75) is 50.0 Å². The Morgan fingerprint density at radius 1 is 1.20 bits per heavy atom. The molecule has 168 valence electrons. The van der Waals surface area contributed by atoms with E-state index in [4.69, 9.17) is 5.41 Å². The van der Waals surface area contributed by atoms with Gasteiger partial charge >= 0.3 is 7.12 Å². The Labute approximate surface area is 178 Å². The lowest BCUT2D eigenvalue weighted by atomic mass is 9.75. The zero-order valence-corrected chi connectivity index (χ0v) is 18.4. The van der Waals surface area contributed by atoms with Crippen LogP contribution >= 0.6 is 0 Å². The van der Waals surface area contributed by atoms with E-state index in [9.17, 15) is 23.3 Å². The van der Waals surface area contributed by atoms with Crippen LogP contribution in [-0.4, -0.2) is 63.0 Å². The van der Waals surface area contributed by atoms with Crippen LogP contribution in [-0.2, 0) is 14.8 Å². The van der Waals surface area contributed by atoms with Gasteiger partial charge in [-0.15, -0.1) is 0 Å². The number of benzene rings is 1. The molecule has 1 aromatic carbocycles. The van der Waals surface area contributed by atoms with Crippen molar-refractivity contribution in [2.75, 3.05) is 13.6 Å². The van der Waals surface area contributed by atoms with E-state index in [-0.39, 0.29) is 23.2 Å². The fourth-order valence-electron chi connectivity index (χ4n) is 2.75. The van der Waals surface area contributed by atoms with Crippen LogP contribution in [0.25, 0.3) is 0 Å². The summed E-state index contributed by atoms with van der Waals surface area (Å²) in [4.78, 5) is 12.8. The topological polar surface area (TPSA) is 164 Å². The summed E-state index contributed by atoms with van der Waals surface area (Å²) in [6.45, 7) is 4.10. The van der Waals surface area contributed by atoms with Crippen LogP contribution in [0, 0.1) is 11.3 Å². The van der Waals surface area contributed by atoms with Crippen LogP contribution in [0.5, 0.6) is 0 Å². The molecule has 1 rings (SSSR count). The van der Waals surface area contributed by atoms with Crippen LogP contribution < -0.4 is 20.7 Å². The highest BCUT2D eigenvalue weighted by molar-refractivity contribution is 7.89. The normalized spacial score (nSPS) is 13.4. The van der Waals surface area contributed by atoms with E-state index >= 15 is 0 Å². The van der Waals surface area contributed by atoms with Gasteiger partial charge in [-0.25, -0.2) is 8.42 Å². The largest absolute Gasteiger partial charge is 0.475 e. The Kier molecular flexibility index (Phi) is 10.8. The molecule has 0 aliphatic heterocycles. The van der Waals surface area contributed by atoms with Crippen molar-refractivity contribution in [2.24, 2.45) is 5.92 Å². The molecule has 30 heavy (non-hydrogen) atoms. The highest BCUT2D eigenvalue weighted by Crippen LogP contribution is 2.11. The molecular formula is C18H32BN5O5S. The molecule has 0 aliphatic rings. The smallest absolute Gasteiger partial charge is 0.426 e. The minimum atomic E-state index is -3.95. The van der Waals surface area contributed by atoms with Gasteiger partial charge in [0.1, 0.15) is 6.04 Å². The number of amides is 1. The van der Waals surface area contributed by atoms with Crippen molar-refractivity contribution in [3.8, 4) is 0 Å². The molecule has 0 bridgehead atoms. The number of nitrogens with one attached hydrogen (secondary N) is 5. The molecule has 0 saturated carbocycles. The number of hydrogen-bond donors (Lipinski definition) is 7. The lowest BCUT2D eigenvalue weighted by molar-refractivity contribution is -0.123. The van der Waals surface area contributed by atoms with Crippen LogP contribution in [0.4, 0.5) is 0 Å². The van der Waals surface area contributed by atoms with Gasteiger partial charge in [-0.1, -0.05) is 32.0 Å². The van der Waals surface area contributed by atoms with Crippen LogP contribution in [0.15, 0.2) is 35.2 Å². The van der Waals surface area contributed by atoms with Gasteiger partial charge in [-0.2, -0.15) is 4.72 Å². The molecule has 0 saturated heterocycles. The average molecular weight is 441 g/mol. The molecule has 0 unspecified atom stereocenters. The summed E-state index contributed by atoms with van der Waals surface area (Å²) in [5, 5.41) is 34.6. The first-order valence-electron chi connectivity index (χ1n) is 9.81. The molecular weight excluding hydrogens is 409 g/mol. The molecule has 0 radical (unpaired) electrons. The van der Waals surface area contributed by atoms with Gasteiger partial charge in [-0.05, 0) is 37.3 Å². The molecule has 0 heterocycles. The number of carbonyl (C=O) groups excluding carboxylic acids is 1. The quantitative estimate of drug-likeness (QED) is 0.0985. The van der Waals surface area contributed by atoms with Gasteiger partial charge < -0.3 is 26.0 Å². The minimum absolute atomic E-state index is 0.0267. The van der Waals surface area contributed by atoms with E-state index in [1.165, 1.54) is 12.1 Å². The van der Waals surface area contributed by atoms with E-state index < -0.39 is 35.0 Å². The maximum atomic E-state index is 12.8. The Balaban J connectivity index is 2.92. The standard InChI is InChI=1S/C18H32BN5O5S/c1-13(2)12-16(19(26)27)23-17(25)15(10-7-11-22-18(20)21-3)24-30(28,29)14-8-5-4-6-9-14/h4-6,8-9,13,15-16,24,26-27H,7,10-12H2,1-3H3,(H,23,25)(H3,20,21,22)/t15-,16-/m0/s1. The fraction of sp³-hybridized carbons (Fsp3) is 0.556. The maximum absolute atomic E-state index is 12.8. The van der Waals surface area contributed by atoms with Gasteiger partial charge in [-0.3, -0.25) is 10.2 Å². The molecule has 2 atom stereocenters. The van der Waals surface area contributed by atoms with E-state index in [1.807, 2.05) is 13.8 Å². The van der Waals surface area contributed by atoms with Gasteiger partial charge in [0.05, 0.1) is 10.8 Å². The second-order valence-corrected chi connectivity index (χ2v) is 9.05. The summed E-state index contributed by atoms with van der Waals surface area (Å²) in [5.74, 6) is -1.36. The van der Waals surface area contributed by atoms with Gasteiger partial charge in [0.2, 0.25) is 15.9 Å². The molecule has 1 amide bonds. The molecule has 12 heteroatoms. The third-order valence-electron chi connectivity index (χ3n) is 4.30. The Hall–Kier alpha value is -2.15. The molecule has 1 aromatic rings. The summed E-state index contributed by atoms with van der Waals surface area (Å²) >= 11 is 0. The molecule has 0 aromatic heterocycles. The number of carbonyl (C=O) groups is 1. The third kappa shape index (κ3) is 9.12. The van der Waals surface area contributed by atoms with Crippen molar-refractivity contribution < 1.29 is 23.3 Å². The van der Waals surface area contributed by atoms with E-state index in [0.29, 0.717) is 19.4 Å². The van der Waals surface area contributed by atoms with E-state index in [2.05, 4.69) is 20.7 Å². The van der Waals surface area contributed by atoms with Crippen molar-refractivity contribution in [1.82, 2.24) is 20.7 Å². The van der Waals surface area contributed by atoms with E-state index in [1.54, 1.807) is 25.2 Å². The van der Waals surface area contributed by atoms with Crippen molar-refractivity contribution >= 4 is 29.0 Å². The fourth-order valence-corrected chi connectivity index (χ4v) is 4.00. The molecule has 7 N–H and O–H groups in total. The van der Waals surface area contributed by atoms with Crippen molar-refractivity contribution in [3.63, 3.8) is 0 Å². The first-order chi connectivity index (χ1) is 14.1. The number of rotatable bonds is 12. The Morgan fingerprint density at radius 2 is 1.83 bits per heavy atom. The lowest BCUT2D eigenvalue weighted by Gasteiger charge is -2.24. The summed E-state index contributed by atoms with van der Waals surface area (Å²) in [7, 11) is -4.12. The number of guanidine groups is 1. The molecule has 0 spiro atoms. The second kappa shape index (κ2) is 12.5. The highest BCUT2D eigenvalue weighted by atomic mass is 32.2. The predicted octanol–water partition coefficient (Wildman–Crippen LogP) is -0.600. The molecule has 0 fully saturated rings. The summed E-state index contributed by atoms with van der Waals surface area (Å²) < 4.78 is 27.8. The van der Waals surface area contributed by atoms with Crippen molar-refractivity contribution in [3.05, 3.63) is 30.3 Å². The van der Waals surface area contributed by atoms with Crippen molar-refractivity contribution in [1.29, 1.82) is 5.41 Å². The monoisotopic (exact) mass is 441 g/mol. The minimum Gasteiger partial charge on any atom is -0.426 e. The predicted molar refractivity (Wildman–Crippen MR) is 116 cm³/mol. The Bertz CT molecular complexity index is 776. The SMILES string of the molecule is CNC(=N)NCCC[C@H](NS(=O)(=O)c1ccccc1)C(=O)N[C@@H](CC(C)C)B(O)O. The second-order valence-electron chi connectivity index (χ2n) is 7.34. The molecule has 0 aliphatic carbocycles. The first kappa shape index (κ1) is 25.9.